The standard InChI is InChI=1S/C33H34N3/c1-19(2)24-11-10-12-25(20(3)4)31(24)23-15-16-26-29(18-23)36-28-14-9-8-13-27(28)35(7)33(36)30-21(5)17-22(6)34-32(26)30/h8-20H,1-7H3/q+1. The topological polar surface area (TPSA) is 21.2 Å². The second-order valence-corrected chi connectivity index (χ2v) is 10.9. The van der Waals surface area contributed by atoms with Crippen LogP contribution < -0.4 is 4.57 Å². The summed E-state index contributed by atoms with van der Waals surface area (Å²) < 4.78 is 4.78. The van der Waals surface area contributed by atoms with Crippen molar-refractivity contribution >= 4 is 38.5 Å². The van der Waals surface area contributed by atoms with Crippen LogP contribution in [0.5, 0.6) is 0 Å². The summed E-state index contributed by atoms with van der Waals surface area (Å²) >= 11 is 0. The molecule has 3 aromatic carbocycles. The van der Waals surface area contributed by atoms with Crippen molar-refractivity contribution in [3.05, 3.63) is 89.1 Å². The Kier molecular flexibility index (Phi) is 5.15. The van der Waals surface area contributed by atoms with Gasteiger partial charge in [0.15, 0.2) is 11.0 Å². The Morgan fingerprint density at radius 3 is 2.17 bits per heavy atom. The highest BCUT2D eigenvalue weighted by atomic mass is 15.1. The predicted octanol–water partition coefficient (Wildman–Crippen LogP) is 8.15. The lowest BCUT2D eigenvalue weighted by atomic mass is 9.85. The molecule has 0 radical (unpaired) electrons. The molecule has 6 aromatic rings. The van der Waals surface area contributed by atoms with E-state index in [0.29, 0.717) is 11.8 Å². The highest BCUT2D eigenvalue weighted by Crippen LogP contribution is 2.39. The van der Waals surface area contributed by atoms with Gasteiger partial charge in [-0.2, -0.15) is 4.40 Å². The fraction of sp³-hybridized carbons (Fsp3) is 0.273. The van der Waals surface area contributed by atoms with Crippen LogP contribution in [-0.2, 0) is 7.05 Å². The zero-order valence-corrected chi connectivity index (χ0v) is 22.3. The van der Waals surface area contributed by atoms with Crippen molar-refractivity contribution in [2.24, 2.45) is 7.05 Å². The molecule has 0 N–H and O–H groups in total. The van der Waals surface area contributed by atoms with E-state index in [1.165, 1.54) is 60.8 Å². The molecule has 0 saturated heterocycles. The first kappa shape index (κ1) is 22.7. The third-order valence-electron chi connectivity index (χ3n) is 7.74. The molecule has 0 fully saturated rings. The Morgan fingerprint density at radius 1 is 0.778 bits per heavy atom. The molecule has 6 rings (SSSR count). The lowest BCUT2D eigenvalue weighted by Crippen LogP contribution is -2.27. The average Bonchev–Trinajstić information content (AvgIpc) is 3.15. The van der Waals surface area contributed by atoms with Gasteiger partial charge in [0, 0.05) is 11.1 Å². The van der Waals surface area contributed by atoms with E-state index in [9.17, 15) is 0 Å². The zero-order valence-electron chi connectivity index (χ0n) is 22.3. The van der Waals surface area contributed by atoms with Crippen molar-refractivity contribution in [2.75, 3.05) is 0 Å². The summed E-state index contributed by atoms with van der Waals surface area (Å²) in [5.74, 6) is 0.895. The number of aryl methyl sites for hydroxylation is 3. The van der Waals surface area contributed by atoms with Crippen molar-refractivity contribution in [1.29, 1.82) is 0 Å². The number of rotatable bonds is 3. The summed E-state index contributed by atoms with van der Waals surface area (Å²) in [4.78, 5) is 5.09. The first-order valence-corrected chi connectivity index (χ1v) is 13.0. The van der Waals surface area contributed by atoms with E-state index in [2.05, 4.69) is 124 Å². The maximum atomic E-state index is 5.09. The zero-order chi connectivity index (χ0) is 25.3. The Balaban J connectivity index is 1.85. The molecule has 3 aromatic heterocycles. The summed E-state index contributed by atoms with van der Waals surface area (Å²) in [6.07, 6.45) is 0. The molecular weight excluding hydrogens is 438 g/mol. The number of hydrogen-bond donors (Lipinski definition) is 0. The highest BCUT2D eigenvalue weighted by Gasteiger charge is 2.26. The molecule has 3 heteroatoms. The number of para-hydroxylation sites is 2. The van der Waals surface area contributed by atoms with Crippen molar-refractivity contribution in [3.8, 4) is 11.1 Å². The van der Waals surface area contributed by atoms with Crippen LogP contribution in [0.3, 0.4) is 0 Å². The summed E-state index contributed by atoms with van der Waals surface area (Å²) in [5.41, 5.74) is 13.7. The first-order valence-electron chi connectivity index (χ1n) is 13.0. The van der Waals surface area contributed by atoms with E-state index < -0.39 is 0 Å². The van der Waals surface area contributed by atoms with Crippen LogP contribution in [0.2, 0.25) is 0 Å². The summed E-state index contributed by atoms with van der Waals surface area (Å²) in [6.45, 7) is 13.5. The smallest absolute Gasteiger partial charge is 0.252 e. The maximum Gasteiger partial charge on any atom is 0.297 e. The Bertz CT molecular complexity index is 1790. The van der Waals surface area contributed by atoms with Crippen molar-refractivity contribution in [2.45, 2.75) is 53.4 Å². The first-order chi connectivity index (χ1) is 17.3. The van der Waals surface area contributed by atoms with Crippen LogP contribution >= 0.6 is 0 Å². The van der Waals surface area contributed by atoms with E-state index in [1.54, 1.807) is 0 Å². The minimum Gasteiger partial charge on any atom is -0.252 e. The third kappa shape index (κ3) is 3.19. The van der Waals surface area contributed by atoms with E-state index in [-0.39, 0.29) is 0 Å². The van der Waals surface area contributed by atoms with Crippen LogP contribution in [0.25, 0.3) is 49.6 Å². The number of pyridine rings is 2. The molecule has 0 amide bonds. The largest absolute Gasteiger partial charge is 0.297 e. The van der Waals surface area contributed by atoms with E-state index in [0.717, 1.165) is 11.2 Å². The van der Waals surface area contributed by atoms with Crippen LogP contribution in [-0.4, -0.2) is 9.38 Å². The molecule has 0 spiro atoms. The monoisotopic (exact) mass is 472 g/mol. The SMILES string of the molecule is Cc1cc(C)c2c(n1)c1ccc(-c3c(C(C)C)cccc3C(C)C)cc1n1c3ccccc3[n+](C)c21. The lowest BCUT2D eigenvalue weighted by molar-refractivity contribution is -0.617. The molecule has 0 aliphatic rings. The van der Waals surface area contributed by atoms with Gasteiger partial charge in [0.25, 0.3) is 5.65 Å². The van der Waals surface area contributed by atoms with Crippen LogP contribution in [0, 0.1) is 13.8 Å². The van der Waals surface area contributed by atoms with Crippen molar-refractivity contribution in [3.63, 3.8) is 0 Å². The molecule has 0 bridgehead atoms. The van der Waals surface area contributed by atoms with E-state index in [1.807, 2.05) is 0 Å². The molecule has 3 heterocycles. The normalized spacial score (nSPS) is 12.2. The highest BCUT2D eigenvalue weighted by molar-refractivity contribution is 6.12. The van der Waals surface area contributed by atoms with Gasteiger partial charge in [0.05, 0.1) is 18.0 Å². The van der Waals surface area contributed by atoms with Gasteiger partial charge in [-0.1, -0.05) is 64.1 Å². The minimum absolute atomic E-state index is 0.447. The summed E-state index contributed by atoms with van der Waals surface area (Å²) in [7, 11) is 2.18. The number of aromatic nitrogens is 3. The molecule has 0 atom stereocenters. The number of benzene rings is 3. The molecule has 0 aliphatic heterocycles. The number of nitrogens with zero attached hydrogens (tertiary/aromatic N) is 3. The van der Waals surface area contributed by atoms with Gasteiger partial charge < -0.3 is 0 Å². The third-order valence-corrected chi connectivity index (χ3v) is 7.74. The van der Waals surface area contributed by atoms with E-state index >= 15 is 0 Å². The van der Waals surface area contributed by atoms with Gasteiger partial charge in [0.2, 0.25) is 0 Å². The van der Waals surface area contributed by atoms with E-state index in [4.69, 9.17) is 4.98 Å². The lowest BCUT2D eigenvalue weighted by Gasteiger charge is -2.20. The van der Waals surface area contributed by atoms with Crippen LogP contribution in [0.15, 0.2) is 66.7 Å². The molecule has 180 valence electrons. The molecule has 0 saturated carbocycles. The van der Waals surface area contributed by atoms with Gasteiger partial charge in [-0.25, -0.2) is 4.57 Å². The van der Waals surface area contributed by atoms with Crippen LogP contribution in [0.1, 0.15) is 61.9 Å². The predicted molar refractivity (Wildman–Crippen MR) is 152 cm³/mol. The Labute approximate surface area is 213 Å². The molecule has 0 aliphatic carbocycles. The minimum atomic E-state index is 0.447. The second-order valence-electron chi connectivity index (χ2n) is 10.9. The second kappa shape index (κ2) is 8.16. The summed E-state index contributed by atoms with van der Waals surface area (Å²) in [6, 6.07) is 24.7. The van der Waals surface area contributed by atoms with Crippen molar-refractivity contribution < 1.29 is 4.57 Å². The van der Waals surface area contributed by atoms with Crippen molar-refractivity contribution in [1.82, 2.24) is 9.38 Å². The molecule has 3 nitrogen and oxygen atoms in total. The van der Waals surface area contributed by atoms with Gasteiger partial charge in [-0.3, -0.25) is 4.98 Å². The quantitative estimate of drug-likeness (QED) is 0.188. The van der Waals surface area contributed by atoms with Crippen LogP contribution in [0.4, 0.5) is 0 Å². The number of fused-ring (bicyclic) bond motifs is 8. The molecule has 0 unspecified atom stereocenters. The Morgan fingerprint density at radius 2 is 1.47 bits per heavy atom. The summed E-state index contributed by atoms with van der Waals surface area (Å²) in [5, 5.41) is 2.42. The number of hydrogen-bond acceptors (Lipinski definition) is 1. The average molecular weight is 473 g/mol. The maximum absolute atomic E-state index is 5.09. The fourth-order valence-corrected chi connectivity index (χ4v) is 6.11. The fourth-order valence-electron chi connectivity index (χ4n) is 6.11. The van der Waals surface area contributed by atoms with Gasteiger partial charge in [-0.05, 0) is 83.8 Å². The molecular formula is C33H34N3+. The number of imidazole rings is 1. The molecule has 36 heavy (non-hydrogen) atoms. The van der Waals surface area contributed by atoms with Gasteiger partial charge in [0.1, 0.15) is 5.52 Å². The van der Waals surface area contributed by atoms with Gasteiger partial charge >= 0.3 is 0 Å². The Hall–Kier alpha value is -3.72. The van der Waals surface area contributed by atoms with Gasteiger partial charge in [-0.15, -0.1) is 0 Å².